The Labute approximate surface area is 144 Å². The number of carbonyl (C=O) groups is 2. The van der Waals surface area contributed by atoms with Crippen molar-refractivity contribution in [3.05, 3.63) is 22.2 Å². The lowest BCUT2D eigenvalue weighted by Crippen LogP contribution is -2.45. The zero-order valence-electron chi connectivity index (χ0n) is 13.7. The molecule has 2 rings (SSSR count). The lowest BCUT2D eigenvalue weighted by molar-refractivity contribution is -0.132. The van der Waals surface area contributed by atoms with Crippen molar-refractivity contribution in [1.82, 2.24) is 10.2 Å². The van der Waals surface area contributed by atoms with Crippen molar-refractivity contribution >= 4 is 27.9 Å². The van der Waals surface area contributed by atoms with Crippen LogP contribution in [0, 0.1) is 0 Å². The first kappa shape index (κ1) is 17.6. The molecule has 1 fully saturated rings. The second-order valence-corrected chi connectivity index (χ2v) is 6.26. The number of benzene rings is 1. The van der Waals surface area contributed by atoms with E-state index in [4.69, 9.17) is 9.47 Å². The Bertz CT molecular complexity index is 629. The van der Waals surface area contributed by atoms with Gasteiger partial charge in [-0.3, -0.25) is 9.69 Å². The highest BCUT2D eigenvalue weighted by Crippen LogP contribution is 2.35. The van der Waals surface area contributed by atoms with Gasteiger partial charge in [-0.2, -0.15) is 0 Å². The smallest absolute Gasteiger partial charge is 0.325 e. The summed E-state index contributed by atoms with van der Waals surface area (Å²) in [6, 6.07) is 3.16. The molecule has 1 aromatic carbocycles. The molecule has 23 heavy (non-hydrogen) atoms. The molecule has 0 aliphatic carbocycles. The Morgan fingerprint density at radius 1 is 1.13 bits per heavy atom. The molecule has 126 valence electrons. The molecule has 1 N–H and O–H groups in total. The third kappa shape index (κ3) is 3.02. The van der Waals surface area contributed by atoms with Crippen molar-refractivity contribution in [3.8, 4) is 11.5 Å². The molecular formula is C16H21BrN2O4. The van der Waals surface area contributed by atoms with E-state index in [1.54, 1.807) is 26.4 Å². The van der Waals surface area contributed by atoms with Crippen LogP contribution >= 0.6 is 15.9 Å². The fraction of sp³-hybridized carbons (Fsp3) is 0.500. The molecule has 0 bridgehead atoms. The standard InChI is InChI=1S/C16H21BrN2O4/c1-5-16(6-2)14(20)19(15(21)18-16)9-10-7-13(23-4)11(17)8-12(10)22-3/h7-8H,5-6,9H2,1-4H3,(H,18,21). The van der Waals surface area contributed by atoms with Crippen molar-refractivity contribution in [2.75, 3.05) is 14.2 Å². The first-order chi connectivity index (χ1) is 10.9. The van der Waals surface area contributed by atoms with Crippen LogP contribution in [-0.4, -0.2) is 36.6 Å². The summed E-state index contributed by atoms with van der Waals surface area (Å²) in [6.07, 6.45) is 1.12. The second-order valence-electron chi connectivity index (χ2n) is 5.41. The number of halogens is 1. The maximum atomic E-state index is 12.7. The van der Waals surface area contributed by atoms with Crippen LogP contribution in [0.25, 0.3) is 0 Å². The number of nitrogens with zero attached hydrogens (tertiary/aromatic N) is 1. The predicted octanol–water partition coefficient (Wildman–Crippen LogP) is 3.08. The molecule has 0 spiro atoms. The molecule has 1 aliphatic heterocycles. The summed E-state index contributed by atoms with van der Waals surface area (Å²) in [5, 5.41) is 2.82. The minimum Gasteiger partial charge on any atom is -0.496 e. The SMILES string of the molecule is CCC1(CC)NC(=O)N(Cc2cc(OC)c(Br)cc2OC)C1=O. The topological polar surface area (TPSA) is 67.9 Å². The van der Waals surface area contributed by atoms with Crippen LogP contribution in [0.15, 0.2) is 16.6 Å². The number of amides is 3. The van der Waals surface area contributed by atoms with E-state index < -0.39 is 5.54 Å². The van der Waals surface area contributed by atoms with Crippen LogP contribution in [0.3, 0.4) is 0 Å². The van der Waals surface area contributed by atoms with Gasteiger partial charge in [0.2, 0.25) is 0 Å². The first-order valence-electron chi connectivity index (χ1n) is 7.46. The molecular weight excluding hydrogens is 364 g/mol. The summed E-state index contributed by atoms with van der Waals surface area (Å²) in [5.74, 6) is 1.00. The monoisotopic (exact) mass is 384 g/mol. The van der Waals surface area contributed by atoms with Crippen molar-refractivity contribution in [2.24, 2.45) is 0 Å². The molecule has 1 aromatic rings. The second kappa shape index (κ2) is 6.78. The zero-order valence-corrected chi connectivity index (χ0v) is 15.3. The summed E-state index contributed by atoms with van der Waals surface area (Å²) in [6.45, 7) is 3.93. The number of nitrogens with one attached hydrogen (secondary N) is 1. The number of methoxy groups -OCH3 is 2. The van der Waals surface area contributed by atoms with E-state index in [1.807, 2.05) is 13.8 Å². The number of rotatable bonds is 6. The van der Waals surface area contributed by atoms with Crippen LogP contribution < -0.4 is 14.8 Å². The van der Waals surface area contributed by atoms with Crippen LogP contribution in [0.2, 0.25) is 0 Å². The van der Waals surface area contributed by atoms with Gasteiger partial charge in [0.05, 0.1) is 25.2 Å². The quantitative estimate of drug-likeness (QED) is 0.765. The fourth-order valence-electron chi connectivity index (χ4n) is 2.77. The average molecular weight is 385 g/mol. The van der Waals surface area contributed by atoms with Gasteiger partial charge in [-0.05, 0) is 40.9 Å². The maximum absolute atomic E-state index is 12.7. The van der Waals surface area contributed by atoms with E-state index in [0.717, 1.165) is 4.47 Å². The lowest BCUT2D eigenvalue weighted by Gasteiger charge is -2.23. The molecule has 0 radical (unpaired) electrons. The minimum atomic E-state index is -0.802. The number of hydrogen-bond donors (Lipinski definition) is 1. The molecule has 7 heteroatoms. The molecule has 3 amide bonds. The fourth-order valence-corrected chi connectivity index (χ4v) is 3.25. The molecule has 1 heterocycles. The number of urea groups is 1. The molecule has 0 unspecified atom stereocenters. The molecule has 0 aromatic heterocycles. The van der Waals surface area contributed by atoms with Crippen LogP contribution in [0.1, 0.15) is 32.3 Å². The highest BCUT2D eigenvalue weighted by molar-refractivity contribution is 9.10. The number of imide groups is 1. The van der Waals surface area contributed by atoms with Crippen LogP contribution in [0.5, 0.6) is 11.5 Å². The summed E-state index contributed by atoms with van der Waals surface area (Å²) < 4.78 is 11.4. The van der Waals surface area contributed by atoms with Crippen molar-refractivity contribution < 1.29 is 19.1 Å². The van der Waals surface area contributed by atoms with E-state index in [2.05, 4.69) is 21.2 Å². The van der Waals surface area contributed by atoms with Gasteiger partial charge in [0, 0.05) is 5.56 Å². The lowest BCUT2D eigenvalue weighted by atomic mass is 9.93. The van der Waals surface area contributed by atoms with Gasteiger partial charge < -0.3 is 14.8 Å². The maximum Gasteiger partial charge on any atom is 0.325 e. The minimum absolute atomic E-state index is 0.138. The third-order valence-corrected chi connectivity index (χ3v) is 4.96. The van der Waals surface area contributed by atoms with Crippen LogP contribution in [-0.2, 0) is 11.3 Å². The zero-order chi connectivity index (χ0) is 17.2. The summed E-state index contributed by atoms with van der Waals surface area (Å²) in [5.41, 5.74) is -0.0944. The third-order valence-electron chi connectivity index (χ3n) is 4.34. The van der Waals surface area contributed by atoms with Gasteiger partial charge in [0.1, 0.15) is 17.0 Å². The predicted molar refractivity (Wildman–Crippen MR) is 89.6 cm³/mol. The van der Waals surface area contributed by atoms with Crippen LogP contribution in [0.4, 0.5) is 4.79 Å². The molecule has 0 atom stereocenters. The highest BCUT2D eigenvalue weighted by atomic mass is 79.9. The Morgan fingerprint density at radius 3 is 2.22 bits per heavy atom. The van der Waals surface area contributed by atoms with Crippen molar-refractivity contribution in [2.45, 2.75) is 38.8 Å². The van der Waals surface area contributed by atoms with Crippen molar-refractivity contribution in [3.63, 3.8) is 0 Å². The molecule has 1 aliphatic rings. The van der Waals surface area contributed by atoms with Gasteiger partial charge in [-0.25, -0.2) is 4.79 Å². The first-order valence-corrected chi connectivity index (χ1v) is 8.26. The van der Waals surface area contributed by atoms with E-state index in [0.29, 0.717) is 29.9 Å². The summed E-state index contributed by atoms with van der Waals surface area (Å²) >= 11 is 3.39. The van der Waals surface area contributed by atoms with E-state index in [1.165, 1.54) is 4.90 Å². The Morgan fingerprint density at radius 2 is 1.74 bits per heavy atom. The molecule has 0 saturated carbocycles. The van der Waals surface area contributed by atoms with Gasteiger partial charge >= 0.3 is 6.03 Å². The Kier molecular flexibility index (Phi) is 5.19. The van der Waals surface area contributed by atoms with Crippen molar-refractivity contribution in [1.29, 1.82) is 0 Å². The van der Waals surface area contributed by atoms with Gasteiger partial charge in [-0.15, -0.1) is 0 Å². The largest absolute Gasteiger partial charge is 0.496 e. The Hall–Kier alpha value is -1.76. The normalized spacial score (nSPS) is 16.5. The summed E-state index contributed by atoms with van der Waals surface area (Å²) in [4.78, 5) is 26.2. The number of ether oxygens (including phenoxy) is 2. The highest BCUT2D eigenvalue weighted by Gasteiger charge is 2.48. The summed E-state index contributed by atoms with van der Waals surface area (Å²) in [7, 11) is 3.11. The molecule has 1 saturated heterocycles. The van der Waals surface area contributed by atoms with E-state index in [9.17, 15) is 9.59 Å². The number of carbonyl (C=O) groups excluding carboxylic acids is 2. The van der Waals surface area contributed by atoms with Gasteiger partial charge in [0.15, 0.2) is 0 Å². The van der Waals surface area contributed by atoms with E-state index >= 15 is 0 Å². The average Bonchev–Trinajstić information content (AvgIpc) is 2.80. The van der Waals surface area contributed by atoms with E-state index in [-0.39, 0.29) is 18.5 Å². The molecule has 6 nitrogen and oxygen atoms in total. The van der Waals surface area contributed by atoms with Gasteiger partial charge in [-0.1, -0.05) is 13.8 Å². The Balaban J connectivity index is 2.35. The van der Waals surface area contributed by atoms with Gasteiger partial charge in [0.25, 0.3) is 5.91 Å². The number of hydrogen-bond acceptors (Lipinski definition) is 4.